The lowest BCUT2D eigenvalue weighted by Crippen LogP contribution is -2.38. The van der Waals surface area contributed by atoms with Gasteiger partial charge in [0, 0.05) is 6.54 Å². The number of anilines is 2. The molecule has 12 nitrogen and oxygen atoms in total. The molecule has 1 fully saturated rings. The van der Waals surface area contributed by atoms with Gasteiger partial charge in [0.1, 0.15) is 5.75 Å². The maximum absolute atomic E-state index is 12.2. The van der Waals surface area contributed by atoms with Crippen LogP contribution in [0.5, 0.6) is 5.75 Å². The lowest BCUT2D eigenvalue weighted by Gasteiger charge is -2.22. The Hall–Kier alpha value is -3.06. The number of hydrogen-bond donors (Lipinski definition) is 5. The molecule has 0 saturated carbocycles. The molecule has 0 spiro atoms. The van der Waals surface area contributed by atoms with E-state index in [0.29, 0.717) is 24.8 Å². The van der Waals surface area contributed by atoms with Crippen molar-refractivity contribution in [3.63, 3.8) is 0 Å². The van der Waals surface area contributed by atoms with Gasteiger partial charge in [-0.25, -0.2) is 14.8 Å². The number of guanidine groups is 1. The molecule has 1 amide bonds. The van der Waals surface area contributed by atoms with Crippen molar-refractivity contribution in [1.29, 1.82) is 0 Å². The number of nitrogens with two attached hydrogens (primary N) is 3. The Balaban J connectivity index is 0.00000380. The summed E-state index contributed by atoms with van der Waals surface area (Å²) in [6, 6.07) is 7.58. The van der Waals surface area contributed by atoms with Crippen molar-refractivity contribution < 1.29 is 19.1 Å². The first-order valence-electron chi connectivity index (χ1n) is 12.1. The number of esters is 1. The molecule has 0 atom stereocenters. The molecule has 2 heterocycles. The van der Waals surface area contributed by atoms with Gasteiger partial charge in [-0.05, 0) is 68.8 Å². The molecular formula is C24H35Cl3N8O4. The Morgan fingerprint density at radius 2 is 1.77 bits per heavy atom. The first-order valence-corrected chi connectivity index (χ1v) is 12.5. The fourth-order valence-electron chi connectivity index (χ4n) is 3.66. The molecule has 0 aliphatic carbocycles. The zero-order valence-corrected chi connectivity index (χ0v) is 23.7. The number of nitrogens with zero attached hydrogens (tertiary/aromatic N) is 3. The van der Waals surface area contributed by atoms with Gasteiger partial charge in [0.05, 0.1) is 6.61 Å². The number of unbranched alkanes of at least 4 members (excludes halogenated alkanes) is 1. The number of halogens is 3. The monoisotopic (exact) mass is 604 g/mol. The smallest absolute Gasteiger partial charge is 0.344 e. The van der Waals surface area contributed by atoms with Gasteiger partial charge >= 0.3 is 5.97 Å². The third-order valence-corrected chi connectivity index (χ3v) is 6.01. The van der Waals surface area contributed by atoms with Crippen molar-refractivity contribution in [2.24, 2.45) is 16.6 Å². The molecule has 1 aliphatic heterocycles. The van der Waals surface area contributed by atoms with Gasteiger partial charge in [0.15, 0.2) is 35.0 Å². The number of nitrogens with one attached hydrogen (secondary N) is 2. The lowest BCUT2D eigenvalue weighted by atomic mass is 9.99. The van der Waals surface area contributed by atoms with E-state index in [1.807, 2.05) is 24.3 Å². The number of aryl methyl sites for hydroxylation is 1. The Morgan fingerprint density at radius 3 is 2.46 bits per heavy atom. The van der Waals surface area contributed by atoms with E-state index in [1.165, 1.54) is 0 Å². The van der Waals surface area contributed by atoms with Crippen LogP contribution in [-0.4, -0.2) is 60.7 Å². The molecule has 1 aromatic carbocycles. The average molecular weight is 606 g/mol. The Kier molecular flexibility index (Phi) is 15.3. The Morgan fingerprint density at radius 1 is 1.08 bits per heavy atom. The second kappa shape index (κ2) is 17.5. The molecule has 1 aromatic heterocycles. The molecule has 15 heteroatoms. The second-order valence-electron chi connectivity index (χ2n) is 8.62. The summed E-state index contributed by atoms with van der Waals surface area (Å²) in [5.74, 6) is -0.274. The molecule has 1 saturated heterocycles. The summed E-state index contributed by atoms with van der Waals surface area (Å²) in [6.07, 6.45) is 4.50. The zero-order chi connectivity index (χ0) is 26.6. The normalized spacial score (nSPS) is 13.5. The first-order chi connectivity index (χ1) is 17.8. The fraction of sp³-hybridized carbons (Fsp3) is 0.458. The molecule has 0 unspecified atom stereocenters. The minimum absolute atomic E-state index is 0. The predicted octanol–water partition coefficient (Wildman–Crippen LogP) is 2.13. The minimum atomic E-state index is -0.675. The molecule has 0 radical (unpaired) electrons. The standard InChI is InChI=1S/C24H33ClN8O4.2ClH/c25-20-22(27)32-21(26)19(31-20)23(35)33-24(28)30-10-2-1-3-15-4-6-17(7-5-15)36-14-18(34)37-13-16-8-11-29-12-9-16;;/h4-7,16,29H,1-3,8-14H2,(H4,26,27,32)(H3,28,30,33,35);2*1H. The minimum Gasteiger partial charge on any atom is -0.482 e. The average Bonchev–Trinajstić information content (AvgIpc) is 2.89. The zero-order valence-electron chi connectivity index (χ0n) is 21.4. The van der Waals surface area contributed by atoms with Crippen LogP contribution in [0.1, 0.15) is 41.7 Å². The molecule has 2 aromatic rings. The van der Waals surface area contributed by atoms with Gasteiger partial charge in [-0.3, -0.25) is 15.1 Å². The number of aliphatic imine (C=N–C) groups is 1. The highest BCUT2D eigenvalue weighted by Gasteiger charge is 2.17. The fourth-order valence-corrected chi connectivity index (χ4v) is 3.79. The van der Waals surface area contributed by atoms with Gasteiger partial charge in [-0.15, -0.1) is 24.8 Å². The van der Waals surface area contributed by atoms with E-state index in [4.69, 9.17) is 38.3 Å². The van der Waals surface area contributed by atoms with E-state index >= 15 is 0 Å². The van der Waals surface area contributed by atoms with Crippen LogP contribution in [0.25, 0.3) is 0 Å². The van der Waals surface area contributed by atoms with Crippen LogP contribution in [0, 0.1) is 5.92 Å². The van der Waals surface area contributed by atoms with Crippen molar-refractivity contribution in [3.8, 4) is 5.75 Å². The summed E-state index contributed by atoms with van der Waals surface area (Å²) in [4.78, 5) is 35.9. The third-order valence-electron chi connectivity index (χ3n) is 5.74. The number of nitrogen functional groups attached to an aromatic ring is 2. The van der Waals surface area contributed by atoms with Gasteiger partial charge in [0.25, 0.3) is 5.91 Å². The summed E-state index contributed by atoms with van der Waals surface area (Å²) in [5.41, 5.74) is 17.9. The van der Waals surface area contributed by atoms with Crippen molar-refractivity contribution in [3.05, 3.63) is 40.7 Å². The van der Waals surface area contributed by atoms with E-state index in [2.05, 4.69) is 25.6 Å². The van der Waals surface area contributed by atoms with Gasteiger partial charge in [-0.1, -0.05) is 23.7 Å². The molecule has 216 valence electrons. The quantitative estimate of drug-likeness (QED) is 0.110. The summed E-state index contributed by atoms with van der Waals surface area (Å²) < 4.78 is 10.9. The summed E-state index contributed by atoms with van der Waals surface area (Å²) in [6.45, 7) is 2.71. The molecule has 39 heavy (non-hydrogen) atoms. The van der Waals surface area contributed by atoms with E-state index in [9.17, 15) is 9.59 Å². The Bertz CT molecular complexity index is 1100. The third kappa shape index (κ3) is 11.7. The van der Waals surface area contributed by atoms with Crippen molar-refractivity contribution >= 4 is 65.9 Å². The van der Waals surface area contributed by atoms with Crippen molar-refractivity contribution in [2.45, 2.75) is 32.1 Å². The number of piperidine rings is 1. The Labute approximate surface area is 244 Å². The molecule has 0 bridgehead atoms. The number of ether oxygens (including phenoxy) is 2. The van der Waals surface area contributed by atoms with Crippen LogP contribution < -0.4 is 32.6 Å². The van der Waals surface area contributed by atoms with E-state index in [-0.39, 0.29) is 65.8 Å². The number of carbonyl (C=O) groups is 2. The van der Waals surface area contributed by atoms with Crippen LogP contribution in [0.4, 0.5) is 11.6 Å². The van der Waals surface area contributed by atoms with Crippen LogP contribution >= 0.6 is 36.4 Å². The number of amides is 1. The lowest BCUT2D eigenvalue weighted by molar-refractivity contribution is -0.147. The van der Waals surface area contributed by atoms with Gasteiger partial charge < -0.3 is 32.0 Å². The molecule has 8 N–H and O–H groups in total. The SMILES string of the molecule is Cl.Cl.NC(=NCCCCc1ccc(OCC(=O)OCC2CCNCC2)cc1)NC(=O)c1nc(Cl)c(N)nc1N. The molecular weight excluding hydrogens is 571 g/mol. The highest BCUT2D eigenvalue weighted by molar-refractivity contribution is 6.31. The van der Waals surface area contributed by atoms with E-state index in [0.717, 1.165) is 50.8 Å². The largest absolute Gasteiger partial charge is 0.482 e. The van der Waals surface area contributed by atoms with Crippen LogP contribution in [-0.2, 0) is 16.0 Å². The number of benzene rings is 1. The highest BCUT2D eigenvalue weighted by atomic mass is 35.5. The van der Waals surface area contributed by atoms with Crippen LogP contribution in [0.15, 0.2) is 29.3 Å². The molecule has 3 rings (SSSR count). The summed E-state index contributed by atoms with van der Waals surface area (Å²) >= 11 is 5.79. The van der Waals surface area contributed by atoms with Gasteiger partial charge in [-0.2, -0.15) is 0 Å². The van der Waals surface area contributed by atoms with Crippen molar-refractivity contribution in [2.75, 3.05) is 44.3 Å². The van der Waals surface area contributed by atoms with Crippen LogP contribution in [0.3, 0.4) is 0 Å². The number of hydrogen-bond acceptors (Lipinski definition) is 10. The van der Waals surface area contributed by atoms with Crippen molar-refractivity contribution in [1.82, 2.24) is 20.6 Å². The maximum atomic E-state index is 12.2. The van der Waals surface area contributed by atoms with E-state index < -0.39 is 5.91 Å². The second-order valence-corrected chi connectivity index (χ2v) is 8.98. The predicted molar refractivity (Wildman–Crippen MR) is 156 cm³/mol. The molecule has 1 aliphatic rings. The number of aromatic nitrogens is 2. The first kappa shape index (κ1) is 34.0. The topological polar surface area (TPSA) is 193 Å². The van der Waals surface area contributed by atoms with E-state index in [1.54, 1.807) is 0 Å². The van der Waals surface area contributed by atoms with Gasteiger partial charge in [0.2, 0.25) is 0 Å². The highest BCUT2D eigenvalue weighted by Crippen LogP contribution is 2.17. The van der Waals surface area contributed by atoms with Crippen LogP contribution in [0.2, 0.25) is 5.15 Å². The summed E-state index contributed by atoms with van der Waals surface area (Å²) in [7, 11) is 0. The number of carbonyl (C=O) groups excluding carboxylic acids is 2. The summed E-state index contributed by atoms with van der Waals surface area (Å²) in [5, 5.41) is 5.56. The number of rotatable bonds is 11. The maximum Gasteiger partial charge on any atom is 0.344 e.